The van der Waals surface area contributed by atoms with Crippen molar-refractivity contribution in [2.45, 2.75) is 50.4 Å². The fourth-order valence-electron chi connectivity index (χ4n) is 4.70. The van der Waals surface area contributed by atoms with Crippen molar-refractivity contribution in [1.29, 1.82) is 0 Å². The Bertz CT molecular complexity index is 622. The molecule has 2 aliphatic rings. The first-order valence-electron chi connectivity index (χ1n) is 9.92. The second kappa shape index (κ2) is 8.56. The van der Waals surface area contributed by atoms with Crippen LogP contribution in [-0.2, 0) is 10.2 Å². The van der Waals surface area contributed by atoms with E-state index in [2.05, 4.69) is 45.5 Å². The number of amides is 1. The molecular weight excluding hydrogens is 324 g/mol. The lowest BCUT2D eigenvalue weighted by molar-refractivity contribution is -0.119. The molecule has 142 valence electrons. The summed E-state index contributed by atoms with van der Waals surface area (Å²) < 4.78 is 0. The van der Waals surface area contributed by atoms with Gasteiger partial charge in [0.25, 0.3) is 0 Å². The van der Waals surface area contributed by atoms with Gasteiger partial charge in [0.2, 0.25) is 5.91 Å². The van der Waals surface area contributed by atoms with E-state index in [4.69, 9.17) is 5.73 Å². The monoisotopic (exact) mass is 356 g/mol. The molecule has 1 aliphatic heterocycles. The van der Waals surface area contributed by atoms with Crippen LogP contribution in [0.1, 0.15) is 50.5 Å². The molecule has 1 saturated heterocycles. The first-order chi connectivity index (χ1) is 12.6. The number of rotatable bonds is 5. The first kappa shape index (κ1) is 18.7. The number of nitrogens with one attached hydrogen (secondary N) is 1. The lowest BCUT2D eigenvalue weighted by Gasteiger charge is -2.37. The second-order valence-corrected chi connectivity index (χ2v) is 7.88. The Morgan fingerprint density at radius 2 is 2.00 bits per heavy atom. The summed E-state index contributed by atoms with van der Waals surface area (Å²) in [5.41, 5.74) is 7.04. The predicted octanol–water partition coefficient (Wildman–Crippen LogP) is 2.66. The number of piperidine rings is 1. The van der Waals surface area contributed by atoms with Crippen LogP contribution >= 0.6 is 0 Å². The van der Waals surface area contributed by atoms with Gasteiger partial charge in [0, 0.05) is 38.5 Å². The van der Waals surface area contributed by atoms with E-state index < -0.39 is 0 Å². The van der Waals surface area contributed by atoms with Crippen LogP contribution in [-0.4, -0.2) is 43.4 Å². The minimum absolute atomic E-state index is 0.200. The fourth-order valence-corrected chi connectivity index (χ4v) is 4.70. The van der Waals surface area contributed by atoms with Crippen molar-refractivity contribution in [1.82, 2.24) is 10.2 Å². The average Bonchev–Trinajstić information content (AvgIpc) is 3.13. The quantitative estimate of drug-likeness (QED) is 0.629. The number of guanidine groups is 1. The molecule has 26 heavy (non-hydrogen) atoms. The number of hydrogen-bond acceptors (Lipinski definition) is 2. The molecule has 0 spiro atoms. The number of likely N-dealkylation sites (tertiary alicyclic amines) is 1. The highest BCUT2D eigenvalue weighted by Crippen LogP contribution is 2.40. The van der Waals surface area contributed by atoms with E-state index in [0.717, 1.165) is 38.4 Å². The maximum absolute atomic E-state index is 11.3. The van der Waals surface area contributed by atoms with E-state index in [0.29, 0.717) is 12.3 Å². The maximum atomic E-state index is 11.3. The van der Waals surface area contributed by atoms with Crippen LogP contribution in [0.2, 0.25) is 0 Å². The van der Waals surface area contributed by atoms with Crippen molar-refractivity contribution in [2.24, 2.45) is 16.6 Å². The second-order valence-electron chi connectivity index (χ2n) is 7.88. The summed E-state index contributed by atoms with van der Waals surface area (Å²) in [5, 5.41) is 3.65. The van der Waals surface area contributed by atoms with E-state index in [9.17, 15) is 4.79 Å². The van der Waals surface area contributed by atoms with Crippen LogP contribution < -0.4 is 11.1 Å². The third-order valence-corrected chi connectivity index (χ3v) is 6.05. The van der Waals surface area contributed by atoms with Gasteiger partial charge >= 0.3 is 0 Å². The summed E-state index contributed by atoms with van der Waals surface area (Å²) in [6.07, 6.45) is 7.67. The molecule has 1 amide bonds. The van der Waals surface area contributed by atoms with E-state index >= 15 is 0 Å². The van der Waals surface area contributed by atoms with E-state index in [1.165, 1.54) is 31.2 Å². The number of aliphatic imine (C=N–C) groups is 1. The number of hydrogen-bond donors (Lipinski definition) is 2. The number of carbonyl (C=O) groups is 1. The summed E-state index contributed by atoms with van der Waals surface area (Å²) in [4.78, 5) is 18.1. The van der Waals surface area contributed by atoms with Crippen LogP contribution in [0.25, 0.3) is 0 Å². The normalized spacial score (nSPS) is 23.0. The first-order valence-corrected chi connectivity index (χ1v) is 9.92. The molecule has 1 aromatic rings. The van der Waals surface area contributed by atoms with Gasteiger partial charge in [0.15, 0.2) is 5.96 Å². The summed E-state index contributed by atoms with van der Waals surface area (Å²) in [7, 11) is 1.85. The van der Waals surface area contributed by atoms with Gasteiger partial charge in [-0.2, -0.15) is 0 Å². The smallest absolute Gasteiger partial charge is 0.217 e. The van der Waals surface area contributed by atoms with Gasteiger partial charge in [-0.3, -0.25) is 9.79 Å². The molecule has 1 atom stereocenters. The number of benzene rings is 1. The molecule has 1 saturated carbocycles. The Kier molecular flexibility index (Phi) is 6.17. The topological polar surface area (TPSA) is 70.7 Å². The van der Waals surface area contributed by atoms with Gasteiger partial charge in [-0.15, -0.1) is 0 Å². The van der Waals surface area contributed by atoms with Crippen molar-refractivity contribution in [3.05, 3.63) is 35.9 Å². The Morgan fingerprint density at radius 3 is 2.65 bits per heavy atom. The molecule has 1 aliphatic carbocycles. The zero-order valence-electron chi connectivity index (χ0n) is 15.9. The molecule has 2 fully saturated rings. The zero-order chi connectivity index (χ0) is 18.4. The van der Waals surface area contributed by atoms with Gasteiger partial charge in [0.1, 0.15) is 0 Å². The Balaban J connectivity index is 1.65. The average molecular weight is 357 g/mol. The van der Waals surface area contributed by atoms with Gasteiger partial charge in [-0.05, 0) is 37.2 Å². The highest BCUT2D eigenvalue weighted by atomic mass is 16.1. The molecule has 1 unspecified atom stereocenters. The molecule has 5 heteroatoms. The predicted molar refractivity (Wildman–Crippen MR) is 106 cm³/mol. The molecule has 3 N–H and O–H groups in total. The van der Waals surface area contributed by atoms with Crippen molar-refractivity contribution >= 4 is 11.9 Å². The molecule has 0 radical (unpaired) electrons. The van der Waals surface area contributed by atoms with Crippen LogP contribution in [0, 0.1) is 5.92 Å². The molecule has 1 heterocycles. The molecule has 1 aromatic carbocycles. The van der Waals surface area contributed by atoms with E-state index in [1.807, 2.05) is 7.05 Å². The number of primary amides is 1. The SMILES string of the molecule is CN=C(NCC1(c2ccccc2)CCCC1)N1CCCC(CC(N)=O)C1. The minimum Gasteiger partial charge on any atom is -0.370 e. The van der Waals surface area contributed by atoms with Gasteiger partial charge in [0.05, 0.1) is 0 Å². The van der Waals surface area contributed by atoms with Crippen LogP contribution in [0.5, 0.6) is 0 Å². The summed E-state index contributed by atoms with van der Waals surface area (Å²) in [6.45, 7) is 2.77. The van der Waals surface area contributed by atoms with Gasteiger partial charge in [-0.25, -0.2) is 0 Å². The number of nitrogens with zero attached hydrogens (tertiary/aromatic N) is 2. The fraction of sp³-hybridized carbons (Fsp3) is 0.619. The largest absolute Gasteiger partial charge is 0.370 e. The maximum Gasteiger partial charge on any atom is 0.217 e. The van der Waals surface area contributed by atoms with Crippen molar-refractivity contribution in [3.8, 4) is 0 Å². The van der Waals surface area contributed by atoms with Crippen molar-refractivity contribution in [2.75, 3.05) is 26.7 Å². The highest BCUT2D eigenvalue weighted by molar-refractivity contribution is 5.80. The molecule has 0 aromatic heterocycles. The van der Waals surface area contributed by atoms with Crippen molar-refractivity contribution < 1.29 is 4.79 Å². The number of nitrogens with two attached hydrogens (primary N) is 1. The Hall–Kier alpha value is -2.04. The Labute approximate surface area is 157 Å². The van der Waals surface area contributed by atoms with Gasteiger partial charge < -0.3 is 16.0 Å². The highest BCUT2D eigenvalue weighted by Gasteiger charge is 2.36. The van der Waals surface area contributed by atoms with Gasteiger partial charge in [-0.1, -0.05) is 43.2 Å². The Morgan fingerprint density at radius 1 is 1.27 bits per heavy atom. The lowest BCUT2D eigenvalue weighted by Crippen LogP contribution is -2.50. The van der Waals surface area contributed by atoms with Crippen LogP contribution in [0.3, 0.4) is 0 Å². The lowest BCUT2D eigenvalue weighted by atomic mass is 9.79. The third kappa shape index (κ3) is 4.37. The summed E-state index contributed by atoms with van der Waals surface area (Å²) >= 11 is 0. The molecular formula is C21H32N4O. The van der Waals surface area contributed by atoms with Crippen molar-refractivity contribution in [3.63, 3.8) is 0 Å². The van der Waals surface area contributed by atoms with Crippen LogP contribution in [0.4, 0.5) is 0 Å². The molecule has 0 bridgehead atoms. The summed E-state index contributed by atoms with van der Waals surface area (Å²) in [6, 6.07) is 10.9. The third-order valence-electron chi connectivity index (χ3n) is 6.05. The van der Waals surface area contributed by atoms with Crippen LogP contribution in [0.15, 0.2) is 35.3 Å². The zero-order valence-corrected chi connectivity index (χ0v) is 15.9. The standard InChI is InChI=1S/C21H32N4O/c1-23-20(25-13-7-8-17(15-25)14-19(22)26)24-16-21(11-5-6-12-21)18-9-3-2-4-10-18/h2-4,9-10,17H,5-8,11-16H2,1H3,(H2,22,26)(H,23,24). The molecule has 3 rings (SSSR count). The molecule has 5 nitrogen and oxygen atoms in total. The van der Waals surface area contributed by atoms with E-state index in [-0.39, 0.29) is 11.3 Å². The number of carbonyl (C=O) groups excluding carboxylic acids is 1. The minimum atomic E-state index is -0.200. The summed E-state index contributed by atoms with van der Waals surface area (Å²) in [5.74, 6) is 1.10. The van der Waals surface area contributed by atoms with E-state index in [1.54, 1.807) is 0 Å².